The highest BCUT2D eigenvalue weighted by Crippen LogP contribution is 2.17. The fourth-order valence-electron chi connectivity index (χ4n) is 0.935. The first-order chi connectivity index (χ1) is 6.79. The highest BCUT2D eigenvalue weighted by atomic mass is 14.9. The van der Waals surface area contributed by atoms with Crippen molar-refractivity contribution in [2.75, 3.05) is 0 Å². The summed E-state index contributed by atoms with van der Waals surface area (Å²) in [5.74, 6) is 0.681. The normalized spacial score (nSPS) is 9.43. The van der Waals surface area contributed by atoms with Crippen molar-refractivity contribution in [2.45, 2.75) is 27.7 Å². The predicted octanol–water partition coefficient (Wildman–Crippen LogP) is 3.18. The molecule has 3 heteroatoms. The van der Waals surface area contributed by atoms with Gasteiger partial charge in [0.2, 0.25) is 0 Å². The number of rotatable bonds is 2. The van der Waals surface area contributed by atoms with Crippen molar-refractivity contribution in [3.63, 3.8) is 0 Å². The summed E-state index contributed by atoms with van der Waals surface area (Å²) in [6, 6.07) is 0. The Hall–Kier alpha value is -1.51. The molecule has 0 saturated carbocycles. The van der Waals surface area contributed by atoms with E-state index in [-0.39, 0.29) is 0 Å². The van der Waals surface area contributed by atoms with Crippen molar-refractivity contribution in [2.24, 2.45) is 4.99 Å². The van der Waals surface area contributed by atoms with Crippen LogP contribution in [0.2, 0.25) is 0 Å². The fourth-order valence-corrected chi connectivity index (χ4v) is 0.935. The Morgan fingerprint density at radius 2 is 2.00 bits per heavy atom. The number of aryl methyl sites for hydroxylation is 1. The van der Waals surface area contributed by atoms with Gasteiger partial charge in [0.25, 0.3) is 0 Å². The lowest BCUT2D eigenvalue weighted by molar-refractivity contribution is 1.08. The van der Waals surface area contributed by atoms with Crippen LogP contribution in [-0.2, 0) is 0 Å². The summed E-state index contributed by atoms with van der Waals surface area (Å²) in [4.78, 5) is 12.1. The molecule has 0 unspecified atom stereocenters. The number of hydrogen-bond donors (Lipinski definition) is 0. The third-order valence-corrected chi connectivity index (χ3v) is 1.52. The van der Waals surface area contributed by atoms with E-state index < -0.39 is 0 Å². The molecular weight excluding hydrogens is 174 g/mol. The summed E-state index contributed by atoms with van der Waals surface area (Å²) in [6.45, 7) is 11.4. The Bertz CT molecular complexity index is 316. The molecule has 0 aliphatic carbocycles. The van der Waals surface area contributed by atoms with Gasteiger partial charge in [-0.05, 0) is 13.8 Å². The largest absolute Gasteiger partial charge is 0.241 e. The average Bonchev–Trinajstić information content (AvgIpc) is 2.22. The predicted molar refractivity (Wildman–Crippen MR) is 62.0 cm³/mol. The highest BCUT2D eigenvalue weighted by molar-refractivity contribution is 5.66. The van der Waals surface area contributed by atoms with Crippen LogP contribution in [0.1, 0.15) is 32.0 Å². The van der Waals surface area contributed by atoms with Gasteiger partial charge in [-0.25, -0.2) is 15.0 Å². The summed E-state index contributed by atoms with van der Waals surface area (Å²) in [5.41, 5.74) is 1.80. The zero-order valence-corrected chi connectivity index (χ0v) is 9.28. The Kier molecular flexibility index (Phi) is 6.20. The Balaban J connectivity index is 0.000000791. The zero-order chi connectivity index (χ0) is 11.0. The minimum Gasteiger partial charge on any atom is -0.241 e. The fraction of sp³-hybridized carbons (Fsp3) is 0.364. The van der Waals surface area contributed by atoms with Gasteiger partial charge < -0.3 is 0 Å². The quantitative estimate of drug-likeness (QED) is 0.673. The third kappa shape index (κ3) is 3.09. The number of aromatic nitrogens is 2. The van der Waals surface area contributed by atoms with E-state index in [0.717, 1.165) is 11.3 Å². The first-order valence-electron chi connectivity index (χ1n) is 4.72. The van der Waals surface area contributed by atoms with Crippen LogP contribution in [0.4, 0.5) is 5.82 Å². The minimum absolute atomic E-state index is 0.681. The molecule has 0 amide bonds. The van der Waals surface area contributed by atoms with Gasteiger partial charge in [-0.15, -0.1) is 0 Å². The molecule has 0 spiro atoms. The molecule has 0 atom stereocenters. The van der Waals surface area contributed by atoms with Crippen molar-refractivity contribution in [1.29, 1.82) is 0 Å². The van der Waals surface area contributed by atoms with Crippen LogP contribution in [0.5, 0.6) is 0 Å². The molecule has 0 aromatic carbocycles. The van der Waals surface area contributed by atoms with Gasteiger partial charge in [-0.1, -0.05) is 26.5 Å². The number of hydrogen-bond acceptors (Lipinski definition) is 3. The topological polar surface area (TPSA) is 38.1 Å². The van der Waals surface area contributed by atoms with Crippen LogP contribution in [0.3, 0.4) is 0 Å². The molecule has 0 radical (unpaired) electrons. The molecule has 76 valence electrons. The Morgan fingerprint density at radius 1 is 1.36 bits per heavy atom. The maximum absolute atomic E-state index is 4.09. The molecule has 0 aliphatic rings. The molecule has 0 saturated heterocycles. The van der Waals surface area contributed by atoms with Crippen LogP contribution in [-0.4, -0.2) is 16.2 Å². The molecule has 1 heterocycles. The highest BCUT2D eigenvalue weighted by Gasteiger charge is 2.01. The molecule has 0 aliphatic heterocycles. The standard InChI is InChI=1S/C9H11N3.C2H6/c1-4-8-7(3)11-6-12-9(8)10-5-2;1-2/h4-6H,1H2,2-3H3;1-2H3. The van der Waals surface area contributed by atoms with Crippen LogP contribution in [0.15, 0.2) is 17.9 Å². The molecule has 0 fully saturated rings. The molecule has 14 heavy (non-hydrogen) atoms. The van der Waals surface area contributed by atoms with E-state index >= 15 is 0 Å². The van der Waals surface area contributed by atoms with Crippen LogP contribution in [0, 0.1) is 6.92 Å². The molecule has 1 aromatic heterocycles. The molecule has 0 N–H and O–H groups in total. The second-order valence-electron chi connectivity index (χ2n) is 2.29. The van der Waals surface area contributed by atoms with E-state index in [0.29, 0.717) is 5.82 Å². The van der Waals surface area contributed by atoms with Gasteiger partial charge in [0.05, 0.1) is 5.69 Å². The maximum Gasteiger partial charge on any atom is 0.162 e. The van der Waals surface area contributed by atoms with E-state index in [9.17, 15) is 0 Å². The lowest BCUT2D eigenvalue weighted by Crippen LogP contribution is -1.89. The van der Waals surface area contributed by atoms with Gasteiger partial charge in [-0.3, -0.25) is 0 Å². The Morgan fingerprint density at radius 3 is 2.50 bits per heavy atom. The molecule has 3 nitrogen and oxygen atoms in total. The molecular formula is C11H17N3. The van der Waals surface area contributed by atoms with Gasteiger partial charge in [0.1, 0.15) is 6.33 Å². The van der Waals surface area contributed by atoms with Crippen molar-refractivity contribution < 1.29 is 0 Å². The molecule has 0 bridgehead atoms. The summed E-state index contributed by atoms with van der Waals surface area (Å²) in [7, 11) is 0. The van der Waals surface area contributed by atoms with E-state index in [1.807, 2.05) is 27.7 Å². The van der Waals surface area contributed by atoms with Crippen molar-refractivity contribution >= 4 is 18.1 Å². The SMILES string of the molecule is C=Cc1c(C)ncnc1N=CC.CC. The smallest absolute Gasteiger partial charge is 0.162 e. The maximum atomic E-state index is 4.09. The average molecular weight is 191 g/mol. The molecule has 1 rings (SSSR count). The number of nitrogens with zero attached hydrogens (tertiary/aromatic N) is 3. The van der Waals surface area contributed by atoms with Crippen LogP contribution in [0.25, 0.3) is 6.08 Å². The summed E-state index contributed by atoms with van der Waals surface area (Å²) in [5, 5.41) is 0. The van der Waals surface area contributed by atoms with E-state index in [1.54, 1.807) is 12.3 Å². The van der Waals surface area contributed by atoms with Crippen molar-refractivity contribution in [1.82, 2.24) is 9.97 Å². The van der Waals surface area contributed by atoms with Crippen molar-refractivity contribution in [3.05, 3.63) is 24.2 Å². The summed E-state index contributed by atoms with van der Waals surface area (Å²) >= 11 is 0. The van der Waals surface area contributed by atoms with E-state index in [4.69, 9.17) is 0 Å². The molecule has 1 aromatic rings. The van der Waals surface area contributed by atoms with E-state index in [1.165, 1.54) is 6.33 Å². The number of aliphatic imine (C=N–C) groups is 1. The lowest BCUT2D eigenvalue weighted by atomic mass is 10.2. The zero-order valence-electron chi connectivity index (χ0n) is 9.28. The Labute approximate surface area is 85.6 Å². The summed E-state index contributed by atoms with van der Waals surface area (Å²) in [6.07, 6.45) is 4.93. The van der Waals surface area contributed by atoms with Crippen LogP contribution >= 0.6 is 0 Å². The first-order valence-corrected chi connectivity index (χ1v) is 4.72. The van der Waals surface area contributed by atoms with Gasteiger partial charge >= 0.3 is 0 Å². The minimum atomic E-state index is 0.681. The van der Waals surface area contributed by atoms with Gasteiger partial charge in [0.15, 0.2) is 5.82 Å². The van der Waals surface area contributed by atoms with Crippen LogP contribution < -0.4 is 0 Å². The van der Waals surface area contributed by atoms with E-state index in [2.05, 4.69) is 21.5 Å². The van der Waals surface area contributed by atoms with Gasteiger partial charge in [0, 0.05) is 11.8 Å². The van der Waals surface area contributed by atoms with Crippen molar-refractivity contribution in [3.8, 4) is 0 Å². The monoisotopic (exact) mass is 191 g/mol. The third-order valence-electron chi connectivity index (χ3n) is 1.52. The summed E-state index contributed by atoms with van der Waals surface area (Å²) < 4.78 is 0. The van der Waals surface area contributed by atoms with Gasteiger partial charge in [-0.2, -0.15) is 0 Å². The second kappa shape index (κ2) is 6.95. The first kappa shape index (κ1) is 12.5. The lowest BCUT2D eigenvalue weighted by Gasteiger charge is -2.00. The second-order valence-corrected chi connectivity index (χ2v) is 2.29.